The minimum atomic E-state index is -3.94. The molecule has 1 saturated heterocycles. The maximum absolute atomic E-state index is 13.6. The van der Waals surface area contributed by atoms with E-state index in [0.29, 0.717) is 37.1 Å². The number of carbonyl (C=O) groups is 1. The minimum absolute atomic E-state index is 0.0994. The predicted octanol–water partition coefficient (Wildman–Crippen LogP) is 3.48. The summed E-state index contributed by atoms with van der Waals surface area (Å²) in [6.45, 7) is 3.62. The summed E-state index contributed by atoms with van der Waals surface area (Å²) in [6, 6.07) is 19.2. The Labute approximate surface area is 217 Å². The lowest BCUT2D eigenvalue weighted by atomic mass is 10.2. The van der Waals surface area contributed by atoms with Gasteiger partial charge in [-0.15, -0.1) is 0 Å². The van der Waals surface area contributed by atoms with Gasteiger partial charge in [0.15, 0.2) is 0 Å². The number of ether oxygens (including phenoxy) is 1. The van der Waals surface area contributed by atoms with Gasteiger partial charge in [0.05, 0.1) is 37.5 Å². The van der Waals surface area contributed by atoms with Crippen molar-refractivity contribution in [3.63, 3.8) is 0 Å². The van der Waals surface area contributed by atoms with E-state index >= 15 is 0 Å². The molecule has 36 heavy (non-hydrogen) atoms. The van der Waals surface area contributed by atoms with Gasteiger partial charge >= 0.3 is 0 Å². The van der Waals surface area contributed by atoms with Gasteiger partial charge in [0.2, 0.25) is 15.9 Å². The first-order valence-electron chi connectivity index (χ1n) is 11.8. The molecule has 2 heterocycles. The van der Waals surface area contributed by atoms with Gasteiger partial charge in [-0.3, -0.25) is 9.69 Å². The van der Waals surface area contributed by atoms with Crippen molar-refractivity contribution in [2.75, 3.05) is 45.9 Å². The van der Waals surface area contributed by atoms with Crippen LogP contribution in [0.4, 0.5) is 0 Å². The second-order valence-electron chi connectivity index (χ2n) is 8.56. The first-order chi connectivity index (χ1) is 17.4. The molecule has 0 N–H and O–H groups in total. The molecule has 1 aliphatic heterocycles. The van der Waals surface area contributed by atoms with Gasteiger partial charge in [-0.2, -0.15) is 4.31 Å². The van der Waals surface area contributed by atoms with Crippen LogP contribution in [0.15, 0.2) is 82.3 Å². The Morgan fingerprint density at radius 3 is 2.33 bits per heavy atom. The Bertz CT molecular complexity index is 1200. The Morgan fingerprint density at radius 1 is 0.944 bits per heavy atom. The summed E-state index contributed by atoms with van der Waals surface area (Å²) in [6.07, 6.45) is 1.56. The molecule has 192 valence electrons. The molecule has 1 aliphatic rings. The van der Waals surface area contributed by atoms with Crippen LogP contribution in [0.1, 0.15) is 11.3 Å². The van der Waals surface area contributed by atoms with Gasteiger partial charge in [0, 0.05) is 37.7 Å². The lowest BCUT2D eigenvalue weighted by Crippen LogP contribution is -2.47. The number of hydrogen-bond donors (Lipinski definition) is 0. The summed E-state index contributed by atoms with van der Waals surface area (Å²) in [5.41, 5.74) is 0.942. The van der Waals surface area contributed by atoms with Gasteiger partial charge in [-0.05, 0) is 42.0 Å². The van der Waals surface area contributed by atoms with E-state index in [9.17, 15) is 13.2 Å². The number of morpholine rings is 1. The molecule has 1 fully saturated rings. The highest BCUT2D eigenvalue weighted by Gasteiger charge is 2.29. The van der Waals surface area contributed by atoms with E-state index in [4.69, 9.17) is 20.8 Å². The summed E-state index contributed by atoms with van der Waals surface area (Å²) in [4.78, 5) is 17.5. The molecule has 2 aromatic carbocycles. The van der Waals surface area contributed by atoms with Crippen molar-refractivity contribution in [2.45, 2.75) is 18.0 Å². The molecule has 3 aromatic rings. The van der Waals surface area contributed by atoms with Crippen molar-refractivity contribution >= 4 is 27.5 Å². The average molecular weight is 532 g/mol. The number of sulfonamides is 1. The second-order valence-corrected chi connectivity index (χ2v) is 10.9. The number of rotatable bonds is 11. The van der Waals surface area contributed by atoms with Crippen LogP contribution in [0.3, 0.4) is 0 Å². The highest BCUT2D eigenvalue weighted by Crippen LogP contribution is 2.20. The first-order valence-corrected chi connectivity index (χ1v) is 13.6. The number of furan rings is 1. The largest absolute Gasteiger partial charge is 0.467 e. The lowest BCUT2D eigenvalue weighted by Gasteiger charge is -2.31. The van der Waals surface area contributed by atoms with Crippen LogP contribution in [0.5, 0.6) is 0 Å². The molecular weight excluding hydrogens is 502 g/mol. The molecule has 4 rings (SSSR count). The highest BCUT2D eigenvalue weighted by atomic mass is 35.5. The summed E-state index contributed by atoms with van der Waals surface area (Å²) in [7, 11) is -3.94. The maximum atomic E-state index is 13.6. The molecule has 0 saturated carbocycles. The van der Waals surface area contributed by atoms with Crippen molar-refractivity contribution in [1.82, 2.24) is 14.1 Å². The molecule has 0 radical (unpaired) electrons. The molecule has 0 bridgehead atoms. The van der Waals surface area contributed by atoms with Crippen LogP contribution in [-0.4, -0.2) is 74.4 Å². The molecule has 10 heteroatoms. The Morgan fingerprint density at radius 2 is 1.67 bits per heavy atom. The smallest absolute Gasteiger partial charge is 0.243 e. The van der Waals surface area contributed by atoms with Gasteiger partial charge in [0.25, 0.3) is 0 Å². The standard InChI is InChI=1S/C26H30ClN3O5S/c27-23-8-10-25(11-9-23)36(32,33)30(13-12-28-14-17-34-18-15-28)21-26(31)29(20-24-7-4-16-35-24)19-22-5-2-1-3-6-22/h1-11,16H,12-15,17-21H2. The van der Waals surface area contributed by atoms with E-state index in [1.807, 2.05) is 30.3 Å². The minimum Gasteiger partial charge on any atom is -0.467 e. The Balaban J connectivity index is 1.56. The summed E-state index contributed by atoms with van der Waals surface area (Å²) >= 11 is 5.98. The fraction of sp³-hybridized carbons (Fsp3) is 0.346. The van der Waals surface area contributed by atoms with E-state index in [0.717, 1.165) is 18.7 Å². The molecule has 1 amide bonds. The number of halogens is 1. The average Bonchev–Trinajstić information content (AvgIpc) is 3.40. The first kappa shape index (κ1) is 26.4. The van der Waals surface area contributed by atoms with Crippen molar-refractivity contribution in [2.24, 2.45) is 0 Å². The van der Waals surface area contributed by atoms with Crippen molar-refractivity contribution in [3.05, 3.63) is 89.3 Å². The molecule has 1 aromatic heterocycles. The normalized spacial score (nSPS) is 14.7. The number of carbonyl (C=O) groups excluding carboxylic acids is 1. The summed E-state index contributed by atoms with van der Waals surface area (Å²) < 4.78 is 39.3. The zero-order valence-corrected chi connectivity index (χ0v) is 21.5. The fourth-order valence-electron chi connectivity index (χ4n) is 4.00. The fourth-order valence-corrected chi connectivity index (χ4v) is 5.50. The Hall–Kier alpha value is -2.69. The van der Waals surface area contributed by atoms with Crippen molar-refractivity contribution in [3.8, 4) is 0 Å². The van der Waals surface area contributed by atoms with Crippen LogP contribution in [0.25, 0.3) is 0 Å². The van der Waals surface area contributed by atoms with E-state index in [2.05, 4.69) is 4.90 Å². The number of nitrogens with zero attached hydrogens (tertiary/aromatic N) is 3. The van der Waals surface area contributed by atoms with E-state index < -0.39 is 10.0 Å². The third-order valence-electron chi connectivity index (χ3n) is 6.03. The monoisotopic (exact) mass is 531 g/mol. The summed E-state index contributed by atoms with van der Waals surface area (Å²) in [5, 5.41) is 0.442. The molecular formula is C26H30ClN3O5S. The number of amides is 1. The molecule has 0 spiro atoms. The quantitative estimate of drug-likeness (QED) is 0.377. The van der Waals surface area contributed by atoms with Gasteiger partial charge in [-0.25, -0.2) is 8.42 Å². The van der Waals surface area contributed by atoms with E-state index in [1.165, 1.54) is 28.6 Å². The van der Waals surface area contributed by atoms with E-state index in [1.54, 1.807) is 23.3 Å². The van der Waals surface area contributed by atoms with Crippen LogP contribution < -0.4 is 0 Å². The van der Waals surface area contributed by atoms with Gasteiger partial charge in [-0.1, -0.05) is 41.9 Å². The molecule has 0 atom stereocenters. The number of benzene rings is 2. The van der Waals surface area contributed by atoms with Crippen LogP contribution >= 0.6 is 11.6 Å². The third-order valence-corrected chi connectivity index (χ3v) is 8.14. The molecule has 0 aliphatic carbocycles. The molecule has 8 nitrogen and oxygen atoms in total. The highest BCUT2D eigenvalue weighted by molar-refractivity contribution is 7.89. The summed E-state index contributed by atoms with van der Waals surface area (Å²) in [5.74, 6) is 0.314. The van der Waals surface area contributed by atoms with Crippen molar-refractivity contribution < 1.29 is 22.4 Å². The molecule has 0 unspecified atom stereocenters. The van der Waals surface area contributed by atoms with Gasteiger partial charge in [0.1, 0.15) is 5.76 Å². The lowest BCUT2D eigenvalue weighted by molar-refractivity contribution is -0.133. The predicted molar refractivity (Wildman–Crippen MR) is 137 cm³/mol. The van der Waals surface area contributed by atoms with Crippen LogP contribution in [-0.2, 0) is 32.6 Å². The maximum Gasteiger partial charge on any atom is 0.243 e. The van der Waals surface area contributed by atoms with Gasteiger partial charge < -0.3 is 14.1 Å². The zero-order chi connectivity index (χ0) is 25.4. The SMILES string of the molecule is O=C(CN(CCN1CCOCC1)S(=O)(=O)c1ccc(Cl)cc1)N(Cc1ccccc1)Cc1ccco1. The topological polar surface area (TPSA) is 83.3 Å². The third kappa shape index (κ3) is 7.18. The second kappa shape index (κ2) is 12.5. The van der Waals surface area contributed by atoms with Crippen LogP contribution in [0.2, 0.25) is 5.02 Å². The number of hydrogen-bond acceptors (Lipinski definition) is 6. The van der Waals surface area contributed by atoms with E-state index in [-0.39, 0.29) is 30.4 Å². The van der Waals surface area contributed by atoms with Crippen LogP contribution in [0, 0.1) is 0 Å². The Kier molecular flexibility index (Phi) is 9.17. The van der Waals surface area contributed by atoms with Crippen molar-refractivity contribution in [1.29, 1.82) is 0 Å². The zero-order valence-electron chi connectivity index (χ0n) is 20.0.